The van der Waals surface area contributed by atoms with Gasteiger partial charge in [-0.1, -0.05) is 149 Å². The molecule has 4 aliphatic heterocycles. The van der Waals surface area contributed by atoms with Crippen LogP contribution in [-0.4, -0.2) is 13.4 Å². The Kier molecular flexibility index (Phi) is 8.69. The lowest BCUT2D eigenvalue weighted by Gasteiger charge is -2.38. The second-order valence-corrected chi connectivity index (χ2v) is 19.2. The van der Waals surface area contributed by atoms with Crippen LogP contribution < -0.4 is 52.1 Å². The van der Waals surface area contributed by atoms with Crippen LogP contribution in [0.5, 0.6) is 23.0 Å². The molecule has 9 aromatic carbocycles. The molecule has 8 heteroatoms. The van der Waals surface area contributed by atoms with Gasteiger partial charge in [-0.15, -0.1) is 0 Å². The van der Waals surface area contributed by atoms with E-state index in [9.17, 15) is 0 Å². The van der Waals surface area contributed by atoms with Crippen molar-refractivity contribution < 1.29 is 9.47 Å². The molecule has 0 atom stereocenters. The van der Waals surface area contributed by atoms with Crippen LogP contribution in [0, 0.1) is 13.8 Å². The van der Waals surface area contributed by atoms with E-state index >= 15 is 0 Å². The Morgan fingerprint density at radius 3 is 1.08 bits per heavy atom. The van der Waals surface area contributed by atoms with E-state index in [1.54, 1.807) is 0 Å². The minimum Gasteiger partial charge on any atom is -0.458 e. The lowest BCUT2D eigenvalue weighted by atomic mass is 9.32. The maximum atomic E-state index is 7.22. The number of hydrogen-bond donors (Lipinski definition) is 0. The molecule has 0 N–H and O–H groups in total. The number of rotatable bonds is 6. The molecular weight excluding hydrogens is 818 g/mol. The Morgan fingerprint density at radius 2 is 0.703 bits per heavy atom. The maximum absolute atomic E-state index is 7.22. The minimum atomic E-state index is -0.0177. The predicted molar refractivity (Wildman–Crippen MR) is 269 cm³/mol. The standard InChI is InChI=1S/C56H38B2N2O2S2/c1-35-23-25-43-51(27-35)63-53-31-41(59(37-15-7-3-8-16-37)38-17-9-4-10-18-38)29-49-55(53)57(43)45-33-46-48(34-47(45)61-49)62-50-30-42(60(39-19-11-5-12-20-39)40-21-13-6-14-22-40)32-54-56(50)58(46)44-26-24-36(2)28-52(44)64-54/h3-34H,1-2H3. The number of nitrogens with zero attached hydrogens (tertiary/aromatic N) is 2. The SMILES string of the molecule is Cc1ccc2c(c1)Sc1cc(N(c3ccccc3)c3ccccc3)cc3c1B2c1cc2c(cc1O3)Oc1cc(N(c3ccccc3)c3ccccc3)cc3c1B2c1ccc(C)cc1S3. The van der Waals surface area contributed by atoms with Crippen LogP contribution in [0.2, 0.25) is 0 Å². The van der Waals surface area contributed by atoms with Gasteiger partial charge in [-0.05, 0) is 108 Å². The molecule has 9 aromatic rings. The highest BCUT2D eigenvalue weighted by molar-refractivity contribution is 8.00. The van der Waals surface area contributed by atoms with Gasteiger partial charge in [-0.3, -0.25) is 0 Å². The van der Waals surface area contributed by atoms with E-state index in [1.807, 2.05) is 23.5 Å². The Bertz CT molecular complexity index is 3040. The largest absolute Gasteiger partial charge is 0.458 e. The van der Waals surface area contributed by atoms with Gasteiger partial charge in [0.25, 0.3) is 13.4 Å². The number of para-hydroxylation sites is 4. The highest BCUT2D eigenvalue weighted by Crippen LogP contribution is 2.47. The smallest absolute Gasteiger partial charge is 0.253 e. The Labute approximate surface area is 382 Å². The molecule has 0 saturated heterocycles. The summed E-state index contributed by atoms with van der Waals surface area (Å²) in [5.74, 6) is 3.40. The summed E-state index contributed by atoms with van der Waals surface area (Å²) in [7, 11) is 0. The van der Waals surface area contributed by atoms with E-state index in [-0.39, 0.29) is 13.4 Å². The molecule has 0 saturated carbocycles. The molecule has 0 amide bonds. The number of hydrogen-bond acceptors (Lipinski definition) is 6. The van der Waals surface area contributed by atoms with Crippen LogP contribution in [0.4, 0.5) is 34.1 Å². The van der Waals surface area contributed by atoms with Gasteiger partial charge in [-0.2, -0.15) is 0 Å². The van der Waals surface area contributed by atoms with Crippen LogP contribution in [0.3, 0.4) is 0 Å². The van der Waals surface area contributed by atoms with Crippen molar-refractivity contribution in [3.05, 3.63) is 205 Å². The summed E-state index contributed by atoms with van der Waals surface area (Å²) in [6.07, 6.45) is 0. The molecule has 0 bridgehead atoms. The Hall–Kier alpha value is -6.99. The summed E-state index contributed by atoms with van der Waals surface area (Å²) in [5, 5.41) is 0. The van der Waals surface area contributed by atoms with E-state index in [1.165, 1.54) is 63.5 Å². The van der Waals surface area contributed by atoms with Crippen molar-refractivity contribution >= 4 is 104 Å². The average molecular weight is 857 g/mol. The molecule has 13 rings (SSSR count). The lowest BCUT2D eigenvalue weighted by Crippen LogP contribution is -2.62. The molecule has 4 aliphatic rings. The highest BCUT2D eigenvalue weighted by Gasteiger charge is 2.45. The van der Waals surface area contributed by atoms with Crippen molar-refractivity contribution in [1.29, 1.82) is 0 Å². The van der Waals surface area contributed by atoms with Crippen molar-refractivity contribution in [2.24, 2.45) is 0 Å². The second kappa shape index (κ2) is 14.8. The lowest BCUT2D eigenvalue weighted by molar-refractivity contribution is 0.464. The zero-order valence-corrected chi connectivity index (χ0v) is 36.8. The van der Waals surface area contributed by atoms with Gasteiger partial charge in [0.05, 0.1) is 11.4 Å². The number of benzene rings is 9. The minimum absolute atomic E-state index is 0.0177. The molecule has 0 aromatic heterocycles. The molecule has 0 fully saturated rings. The quantitative estimate of drug-likeness (QED) is 0.155. The second-order valence-electron chi connectivity index (χ2n) is 17.0. The molecular formula is C56H38B2N2O2S2. The van der Waals surface area contributed by atoms with Gasteiger partial charge in [0.2, 0.25) is 0 Å². The van der Waals surface area contributed by atoms with Gasteiger partial charge in [0.1, 0.15) is 23.0 Å². The van der Waals surface area contributed by atoms with Crippen molar-refractivity contribution in [3.8, 4) is 23.0 Å². The fraction of sp³-hybridized carbons (Fsp3) is 0.0357. The summed E-state index contributed by atoms with van der Waals surface area (Å²) in [6.45, 7) is 4.35. The first-order chi connectivity index (χ1) is 31.5. The molecule has 0 radical (unpaired) electrons. The average Bonchev–Trinajstić information content (AvgIpc) is 3.32. The highest BCUT2D eigenvalue weighted by atomic mass is 32.2. The molecule has 0 spiro atoms. The Balaban J connectivity index is 1.01. The number of fused-ring (bicyclic) bond motifs is 8. The zero-order valence-electron chi connectivity index (χ0n) is 35.2. The summed E-state index contributed by atoms with van der Waals surface area (Å²) < 4.78 is 14.4. The first-order valence-electron chi connectivity index (χ1n) is 21.8. The number of aryl methyl sites for hydroxylation is 2. The summed E-state index contributed by atoms with van der Waals surface area (Å²) >= 11 is 3.70. The van der Waals surface area contributed by atoms with Gasteiger partial charge in [-0.25, -0.2) is 0 Å². The van der Waals surface area contributed by atoms with E-state index in [0.29, 0.717) is 0 Å². The first-order valence-corrected chi connectivity index (χ1v) is 23.4. The summed E-state index contributed by atoms with van der Waals surface area (Å²) in [6, 6.07) is 70.1. The van der Waals surface area contributed by atoms with E-state index in [4.69, 9.17) is 9.47 Å². The van der Waals surface area contributed by atoms with Gasteiger partial charge >= 0.3 is 0 Å². The van der Waals surface area contributed by atoms with Crippen molar-refractivity contribution in [2.45, 2.75) is 33.4 Å². The normalized spacial score (nSPS) is 13.2. The monoisotopic (exact) mass is 856 g/mol. The van der Waals surface area contributed by atoms with Crippen LogP contribution >= 0.6 is 23.5 Å². The molecule has 64 heavy (non-hydrogen) atoms. The molecule has 4 nitrogen and oxygen atoms in total. The van der Waals surface area contributed by atoms with Crippen LogP contribution in [-0.2, 0) is 0 Å². The van der Waals surface area contributed by atoms with Crippen LogP contribution in [0.1, 0.15) is 11.1 Å². The topological polar surface area (TPSA) is 24.9 Å². The third kappa shape index (κ3) is 6.04. The van der Waals surface area contributed by atoms with Crippen molar-refractivity contribution in [1.82, 2.24) is 0 Å². The zero-order chi connectivity index (χ0) is 42.5. The van der Waals surface area contributed by atoms with E-state index < -0.39 is 0 Å². The van der Waals surface area contributed by atoms with Gasteiger partial charge < -0.3 is 19.3 Å². The number of anilines is 6. The van der Waals surface area contributed by atoms with Gasteiger partial charge in [0, 0.05) is 60.5 Å². The molecule has 4 heterocycles. The first kappa shape index (κ1) is 37.6. The fourth-order valence-corrected chi connectivity index (χ4v) is 12.7. The third-order valence-corrected chi connectivity index (χ3v) is 15.2. The van der Waals surface area contributed by atoms with E-state index in [0.717, 1.165) is 57.1 Å². The molecule has 0 aliphatic carbocycles. The van der Waals surface area contributed by atoms with Crippen LogP contribution in [0.25, 0.3) is 0 Å². The van der Waals surface area contributed by atoms with Crippen LogP contribution in [0.15, 0.2) is 214 Å². The fourth-order valence-electron chi connectivity index (χ4n) is 10.1. The summed E-state index contributed by atoms with van der Waals surface area (Å²) in [5.41, 5.74) is 16.4. The summed E-state index contributed by atoms with van der Waals surface area (Å²) in [4.78, 5) is 9.64. The van der Waals surface area contributed by atoms with Gasteiger partial charge in [0.15, 0.2) is 0 Å². The van der Waals surface area contributed by atoms with Crippen molar-refractivity contribution in [2.75, 3.05) is 9.80 Å². The van der Waals surface area contributed by atoms with Crippen molar-refractivity contribution in [3.63, 3.8) is 0 Å². The Morgan fingerprint density at radius 1 is 0.328 bits per heavy atom. The predicted octanol–water partition coefficient (Wildman–Crippen LogP) is 11.4. The van der Waals surface area contributed by atoms with E-state index in [2.05, 4.69) is 218 Å². The maximum Gasteiger partial charge on any atom is 0.253 e. The molecule has 0 unspecified atom stereocenters. The molecule has 302 valence electrons. The number of ether oxygens (including phenoxy) is 2. The third-order valence-electron chi connectivity index (χ3n) is 12.9.